The lowest BCUT2D eigenvalue weighted by Crippen LogP contribution is -2.18. The molecule has 0 aromatic rings. The molecule has 2 rings (SSSR count). The highest BCUT2D eigenvalue weighted by atomic mass is 16.5. The van der Waals surface area contributed by atoms with E-state index in [1.807, 2.05) is 12.2 Å². The lowest BCUT2D eigenvalue weighted by Gasteiger charge is -2.16. The van der Waals surface area contributed by atoms with Gasteiger partial charge in [0.25, 0.3) is 0 Å². The van der Waals surface area contributed by atoms with Crippen molar-refractivity contribution in [1.82, 2.24) is 0 Å². The van der Waals surface area contributed by atoms with Crippen molar-refractivity contribution in [2.75, 3.05) is 0 Å². The largest absolute Gasteiger partial charge is 0.495 e. The molecule has 1 saturated carbocycles. The number of aliphatic hydroxyl groups is 2. The molecule has 0 aromatic heterocycles. The molecule has 25 heavy (non-hydrogen) atoms. The van der Waals surface area contributed by atoms with E-state index in [1.165, 1.54) is 0 Å². The predicted molar refractivity (Wildman–Crippen MR) is 99.0 cm³/mol. The van der Waals surface area contributed by atoms with E-state index in [2.05, 4.69) is 13.0 Å². The molecule has 1 aliphatic heterocycles. The van der Waals surface area contributed by atoms with Crippen LogP contribution < -0.4 is 0 Å². The Morgan fingerprint density at radius 1 is 1.36 bits per heavy atom. The molecule has 0 unspecified atom stereocenters. The predicted octanol–water partition coefficient (Wildman–Crippen LogP) is 3.91. The number of carbonyl (C=O) groups excluding carboxylic acids is 1. The van der Waals surface area contributed by atoms with Crippen LogP contribution in [0.15, 0.2) is 24.0 Å². The SMILES string of the molecule is CCCCC[C@H](O)/C=C/[C@@H]1[C@H]2C/C(=C/CCCC(C)=O)O[C@H]2C[C@H]1O. The van der Waals surface area contributed by atoms with Gasteiger partial charge in [0, 0.05) is 31.1 Å². The third kappa shape index (κ3) is 6.27. The summed E-state index contributed by atoms with van der Waals surface area (Å²) in [5, 5.41) is 20.4. The number of Topliss-reactive ketones (excluding diaryl/α,β-unsaturated/α-hetero) is 1. The summed E-state index contributed by atoms with van der Waals surface area (Å²) < 4.78 is 6.00. The number of hydrogen-bond donors (Lipinski definition) is 2. The van der Waals surface area contributed by atoms with Gasteiger partial charge < -0.3 is 19.7 Å². The smallest absolute Gasteiger partial charge is 0.129 e. The van der Waals surface area contributed by atoms with E-state index in [4.69, 9.17) is 4.74 Å². The number of carbonyl (C=O) groups is 1. The second-order valence-corrected chi connectivity index (χ2v) is 7.62. The van der Waals surface area contributed by atoms with Gasteiger partial charge in [0.1, 0.15) is 11.9 Å². The zero-order valence-corrected chi connectivity index (χ0v) is 15.7. The Labute approximate surface area is 152 Å². The van der Waals surface area contributed by atoms with Gasteiger partial charge in [0.15, 0.2) is 0 Å². The summed E-state index contributed by atoms with van der Waals surface area (Å²) in [6.07, 6.45) is 13.3. The fourth-order valence-corrected chi connectivity index (χ4v) is 3.95. The minimum Gasteiger partial charge on any atom is -0.495 e. The van der Waals surface area contributed by atoms with Crippen molar-refractivity contribution in [3.05, 3.63) is 24.0 Å². The van der Waals surface area contributed by atoms with Crippen LogP contribution in [0, 0.1) is 11.8 Å². The summed E-state index contributed by atoms with van der Waals surface area (Å²) in [6, 6.07) is 0. The summed E-state index contributed by atoms with van der Waals surface area (Å²) in [7, 11) is 0. The van der Waals surface area contributed by atoms with Crippen molar-refractivity contribution in [3.63, 3.8) is 0 Å². The molecule has 2 aliphatic rings. The Balaban J connectivity index is 1.83. The second kappa shape index (κ2) is 10.1. The zero-order chi connectivity index (χ0) is 18.2. The molecule has 2 fully saturated rings. The van der Waals surface area contributed by atoms with Crippen molar-refractivity contribution < 1.29 is 19.7 Å². The number of rotatable bonds is 10. The van der Waals surface area contributed by atoms with Gasteiger partial charge in [-0.1, -0.05) is 38.3 Å². The quantitative estimate of drug-likeness (QED) is 0.463. The zero-order valence-electron chi connectivity index (χ0n) is 15.7. The average Bonchev–Trinajstić information content (AvgIpc) is 3.06. The molecular formula is C21H34O4. The molecule has 0 radical (unpaired) electrons. The van der Waals surface area contributed by atoms with Gasteiger partial charge in [-0.25, -0.2) is 0 Å². The summed E-state index contributed by atoms with van der Waals surface area (Å²) >= 11 is 0. The van der Waals surface area contributed by atoms with Crippen molar-refractivity contribution in [3.8, 4) is 0 Å². The fourth-order valence-electron chi connectivity index (χ4n) is 3.95. The van der Waals surface area contributed by atoms with E-state index < -0.39 is 6.10 Å². The molecule has 2 N–H and O–H groups in total. The molecule has 142 valence electrons. The number of allylic oxidation sites excluding steroid dienone is 2. The first-order valence-corrected chi connectivity index (χ1v) is 9.90. The molecule has 0 bridgehead atoms. The highest BCUT2D eigenvalue weighted by Crippen LogP contribution is 2.45. The Morgan fingerprint density at radius 3 is 2.88 bits per heavy atom. The van der Waals surface area contributed by atoms with Crippen LogP contribution in [-0.4, -0.2) is 34.3 Å². The molecule has 5 atom stereocenters. The topological polar surface area (TPSA) is 66.8 Å². The lowest BCUT2D eigenvalue weighted by atomic mass is 9.90. The van der Waals surface area contributed by atoms with E-state index in [-0.39, 0.29) is 23.9 Å². The van der Waals surface area contributed by atoms with E-state index in [9.17, 15) is 15.0 Å². The number of hydrogen-bond acceptors (Lipinski definition) is 4. The fraction of sp³-hybridized carbons (Fsp3) is 0.762. The number of unbranched alkanes of at least 4 members (excludes halogenated alkanes) is 3. The second-order valence-electron chi connectivity index (χ2n) is 7.62. The van der Waals surface area contributed by atoms with Crippen LogP contribution in [0.25, 0.3) is 0 Å². The van der Waals surface area contributed by atoms with Gasteiger partial charge in [-0.15, -0.1) is 0 Å². The van der Waals surface area contributed by atoms with Crippen molar-refractivity contribution in [2.45, 2.75) is 89.9 Å². The van der Waals surface area contributed by atoms with Crippen molar-refractivity contribution in [1.29, 1.82) is 0 Å². The van der Waals surface area contributed by atoms with Crippen LogP contribution in [-0.2, 0) is 9.53 Å². The maximum Gasteiger partial charge on any atom is 0.129 e. The molecule has 1 heterocycles. The van der Waals surface area contributed by atoms with Crippen LogP contribution in [0.3, 0.4) is 0 Å². The molecule has 1 aliphatic carbocycles. The number of fused-ring (bicyclic) bond motifs is 1. The standard InChI is InChI=1S/C21H34O4/c1-3-4-5-9-16(23)11-12-18-19-13-17(10-7-6-8-15(2)22)25-21(19)14-20(18)24/h10-12,16,18-21,23-24H,3-9,13-14H2,1-2H3/b12-11+,17-10-/t16-,18+,19+,20+,21-/m0/s1. The lowest BCUT2D eigenvalue weighted by molar-refractivity contribution is -0.117. The third-order valence-electron chi connectivity index (χ3n) is 5.39. The van der Waals surface area contributed by atoms with Gasteiger partial charge in [0.05, 0.1) is 18.0 Å². The molecule has 4 heteroatoms. The summed E-state index contributed by atoms with van der Waals surface area (Å²) in [5.41, 5.74) is 0. The minimum absolute atomic E-state index is 0.0638. The summed E-state index contributed by atoms with van der Waals surface area (Å²) in [4.78, 5) is 11.0. The highest BCUT2D eigenvalue weighted by Gasteiger charge is 2.46. The molecule has 1 saturated heterocycles. The molecular weight excluding hydrogens is 316 g/mol. The summed E-state index contributed by atoms with van der Waals surface area (Å²) in [6.45, 7) is 3.78. The van der Waals surface area contributed by atoms with Crippen LogP contribution in [0.1, 0.15) is 71.6 Å². The van der Waals surface area contributed by atoms with Crippen molar-refractivity contribution in [2.24, 2.45) is 11.8 Å². The van der Waals surface area contributed by atoms with E-state index in [0.717, 1.165) is 50.7 Å². The van der Waals surface area contributed by atoms with Gasteiger partial charge in [-0.3, -0.25) is 0 Å². The summed E-state index contributed by atoms with van der Waals surface area (Å²) in [5.74, 6) is 1.60. The molecule has 0 amide bonds. The molecule has 0 aromatic carbocycles. The maximum absolute atomic E-state index is 11.0. The van der Waals surface area contributed by atoms with Gasteiger partial charge in [0.2, 0.25) is 0 Å². The molecule has 4 nitrogen and oxygen atoms in total. The van der Waals surface area contributed by atoms with Crippen LogP contribution in [0.2, 0.25) is 0 Å². The highest BCUT2D eigenvalue weighted by molar-refractivity contribution is 5.75. The van der Waals surface area contributed by atoms with Crippen LogP contribution in [0.5, 0.6) is 0 Å². The van der Waals surface area contributed by atoms with Crippen LogP contribution in [0.4, 0.5) is 0 Å². The Morgan fingerprint density at radius 2 is 2.16 bits per heavy atom. The first-order chi connectivity index (χ1) is 12.0. The normalized spacial score (nSPS) is 31.4. The number of ether oxygens (including phenoxy) is 1. The first-order valence-electron chi connectivity index (χ1n) is 9.90. The van der Waals surface area contributed by atoms with E-state index in [0.29, 0.717) is 18.8 Å². The third-order valence-corrected chi connectivity index (χ3v) is 5.39. The van der Waals surface area contributed by atoms with Gasteiger partial charge in [-0.05, 0) is 32.3 Å². The first kappa shape index (κ1) is 20.2. The Bertz CT molecular complexity index is 482. The Kier molecular flexibility index (Phi) is 8.17. The molecule has 0 spiro atoms. The number of ketones is 1. The van der Waals surface area contributed by atoms with Crippen molar-refractivity contribution >= 4 is 5.78 Å². The van der Waals surface area contributed by atoms with Gasteiger partial charge >= 0.3 is 0 Å². The van der Waals surface area contributed by atoms with Crippen LogP contribution >= 0.6 is 0 Å². The van der Waals surface area contributed by atoms with E-state index in [1.54, 1.807) is 6.92 Å². The Hall–Kier alpha value is -1.13. The minimum atomic E-state index is -0.415. The number of aliphatic hydroxyl groups excluding tert-OH is 2. The average molecular weight is 350 g/mol. The maximum atomic E-state index is 11.0. The van der Waals surface area contributed by atoms with E-state index >= 15 is 0 Å². The van der Waals surface area contributed by atoms with Gasteiger partial charge in [-0.2, -0.15) is 0 Å². The monoisotopic (exact) mass is 350 g/mol.